The molecular weight excluding hydrogens is 398 g/mol. The molecule has 2 aliphatic rings. The fourth-order valence-electron chi connectivity index (χ4n) is 3.85. The third kappa shape index (κ3) is 3.76. The third-order valence-corrected chi connectivity index (χ3v) is 5.26. The van der Waals surface area contributed by atoms with Gasteiger partial charge in [0.1, 0.15) is 18.9 Å². The van der Waals surface area contributed by atoms with Crippen molar-refractivity contribution < 1.29 is 23.9 Å². The van der Waals surface area contributed by atoms with E-state index >= 15 is 0 Å². The van der Waals surface area contributed by atoms with E-state index in [4.69, 9.17) is 4.74 Å². The van der Waals surface area contributed by atoms with Gasteiger partial charge in [-0.25, -0.2) is 9.69 Å². The minimum atomic E-state index is -0.975. The van der Waals surface area contributed by atoms with E-state index in [2.05, 4.69) is 0 Å². The number of imide groups is 2. The van der Waals surface area contributed by atoms with E-state index in [0.717, 1.165) is 15.4 Å². The number of para-hydroxylation sites is 2. The van der Waals surface area contributed by atoms with E-state index in [1.54, 1.807) is 29.2 Å². The molecule has 0 aromatic heterocycles. The molecule has 2 aromatic rings. The van der Waals surface area contributed by atoms with Gasteiger partial charge in [0.05, 0.1) is 11.7 Å². The van der Waals surface area contributed by atoms with Crippen LogP contribution in [-0.2, 0) is 14.4 Å². The fourth-order valence-corrected chi connectivity index (χ4v) is 3.85. The minimum absolute atomic E-state index is 0.00457. The van der Waals surface area contributed by atoms with Crippen LogP contribution in [0, 0.1) is 5.92 Å². The first-order valence-corrected chi connectivity index (χ1v) is 10.1. The second-order valence-electron chi connectivity index (χ2n) is 7.95. The van der Waals surface area contributed by atoms with Crippen LogP contribution in [0.5, 0.6) is 5.75 Å². The molecule has 0 unspecified atom stereocenters. The van der Waals surface area contributed by atoms with Gasteiger partial charge in [-0.2, -0.15) is 0 Å². The minimum Gasteiger partial charge on any atom is -0.489 e. The highest BCUT2D eigenvalue weighted by Gasteiger charge is 2.46. The predicted octanol–water partition coefficient (Wildman–Crippen LogP) is 2.60. The van der Waals surface area contributed by atoms with E-state index in [9.17, 15) is 19.2 Å². The Hall–Kier alpha value is -3.68. The molecule has 1 saturated heterocycles. The molecule has 31 heavy (non-hydrogen) atoms. The standard InChI is InChI=1S/C23H23N3O5/c1-15(2)12-24-21(28)22(29)25(23(24)30)13-20(27)26-17-10-6-7-11-19(17)31-14-18(26)16-8-4-3-5-9-16/h3-11,15,18H,12-14H2,1-2H3/t18-/m0/s1. The quantitative estimate of drug-likeness (QED) is 0.547. The number of benzene rings is 2. The van der Waals surface area contributed by atoms with Gasteiger partial charge in [-0.1, -0.05) is 56.3 Å². The van der Waals surface area contributed by atoms with Gasteiger partial charge in [0, 0.05) is 6.54 Å². The van der Waals surface area contributed by atoms with Crippen molar-refractivity contribution in [3.8, 4) is 5.75 Å². The Morgan fingerprint density at radius 1 is 0.968 bits per heavy atom. The monoisotopic (exact) mass is 421 g/mol. The zero-order valence-corrected chi connectivity index (χ0v) is 17.4. The number of amides is 5. The van der Waals surface area contributed by atoms with Gasteiger partial charge in [-0.05, 0) is 23.6 Å². The van der Waals surface area contributed by atoms with Crippen LogP contribution in [0.2, 0.25) is 0 Å². The molecule has 8 nitrogen and oxygen atoms in total. The van der Waals surface area contributed by atoms with E-state index < -0.39 is 36.3 Å². The zero-order chi connectivity index (χ0) is 22.1. The molecule has 2 heterocycles. The molecule has 5 amide bonds. The van der Waals surface area contributed by atoms with E-state index in [0.29, 0.717) is 11.4 Å². The Labute approximate surface area is 180 Å². The zero-order valence-electron chi connectivity index (χ0n) is 17.4. The van der Waals surface area contributed by atoms with Crippen molar-refractivity contribution in [2.45, 2.75) is 19.9 Å². The van der Waals surface area contributed by atoms with Crippen LogP contribution in [0.25, 0.3) is 0 Å². The van der Waals surface area contributed by atoms with Crippen LogP contribution >= 0.6 is 0 Å². The van der Waals surface area contributed by atoms with Crippen molar-refractivity contribution in [1.82, 2.24) is 9.80 Å². The number of carbonyl (C=O) groups excluding carboxylic acids is 4. The van der Waals surface area contributed by atoms with Crippen molar-refractivity contribution in [1.29, 1.82) is 0 Å². The summed E-state index contributed by atoms with van der Waals surface area (Å²) in [7, 11) is 0. The van der Waals surface area contributed by atoms with Gasteiger partial charge in [0.25, 0.3) is 0 Å². The van der Waals surface area contributed by atoms with E-state index in [-0.39, 0.29) is 19.1 Å². The van der Waals surface area contributed by atoms with Crippen LogP contribution in [0.15, 0.2) is 54.6 Å². The normalized spacial score (nSPS) is 18.5. The molecule has 1 fully saturated rings. The van der Waals surface area contributed by atoms with E-state index in [1.165, 1.54) is 0 Å². The van der Waals surface area contributed by atoms with Crippen molar-refractivity contribution in [2.75, 3.05) is 24.6 Å². The number of rotatable bonds is 5. The molecule has 0 saturated carbocycles. The number of carbonyl (C=O) groups is 4. The van der Waals surface area contributed by atoms with Gasteiger partial charge in [-0.3, -0.25) is 24.2 Å². The maximum absolute atomic E-state index is 13.4. The number of fused-ring (bicyclic) bond motifs is 1. The van der Waals surface area contributed by atoms with Gasteiger partial charge in [0.2, 0.25) is 5.91 Å². The summed E-state index contributed by atoms with van der Waals surface area (Å²) < 4.78 is 5.86. The average Bonchev–Trinajstić information content (AvgIpc) is 2.96. The average molecular weight is 421 g/mol. The summed E-state index contributed by atoms with van der Waals surface area (Å²) in [6, 6.07) is 15.3. The predicted molar refractivity (Wildman–Crippen MR) is 112 cm³/mol. The molecule has 0 aliphatic carbocycles. The molecule has 2 aromatic carbocycles. The highest BCUT2D eigenvalue weighted by atomic mass is 16.5. The first kappa shape index (κ1) is 20.6. The van der Waals surface area contributed by atoms with Crippen LogP contribution < -0.4 is 9.64 Å². The SMILES string of the molecule is CC(C)CN1C(=O)C(=O)N(CC(=O)N2c3ccccc3OC[C@H]2c2ccccc2)C1=O. The molecule has 2 aliphatic heterocycles. The maximum Gasteiger partial charge on any atom is 0.334 e. The number of hydrogen-bond acceptors (Lipinski definition) is 5. The second kappa shape index (κ2) is 8.22. The number of hydrogen-bond donors (Lipinski definition) is 0. The van der Waals surface area contributed by atoms with Crippen LogP contribution in [0.3, 0.4) is 0 Å². The summed E-state index contributed by atoms with van der Waals surface area (Å²) in [4.78, 5) is 54.0. The lowest BCUT2D eigenvalue weighted by Crippen LogP contribution is -2.47. The van der Waals surface area contributed by atoms with Crippen LogP contribution in [-0.4, -0.2) is 53.2 Å². The van der Waals surface area contributed by atoms with Crippen LogP contribution in [0.4, 0.5) is 10.5 Å². The summed E-state index contributed by atoms with van der Waals surface area (Å²) >= 11 is 0. The molecule has 1 atom stereocenters. The van der Waals surface area contributed by atoms with Gasteiger partial charge >= 0.3 is 17.8 Å². The molecule has 0 N–H and O–H groups in total. The largest absolute Gasteiger partial charge is 0.489 e. The van der Waals surface area contributed by atoms with Gasteiger partial charge in [0.15, 0.2) is 0 Å². The summed E-state index contributed by atoms with van der Waals surface area (Å²) in [5.41, 5.74) is 1.42. The number of ether oxygens (including phenoxy) is 1. The van der Waals surface area contributed by atoms with Crippen molar-refractivity contribution >= 4 is 29.4 Å². The fraction of sp³-hybridized carbons (Fsp3) is 0.304. The van der Waals surface area contributed by atoms with E-state index in [1.807, 2.05) is 44.2 Å². The molecule has 0 radical (unpaired) electrons. The van der Waals surface area contributed by atoms with Crippen molar-refractivity contribution in [3.05, 3.63) is 60.2 Å². The molecular formula is C23H23N3O5. The number of anilines is 1. The van der Waals surface area contributed by atoms with Crippen molar-refractivity contribution in [2.24, 2.45) is 5.92 Å². The first-order valence-electron chi connectivity index (χ1n) is 10.1. The Morgan fingerprint density at radius 3 is 2.32 bits per heavy atom. The molecule has 8 heteroatoms. The summed E-state index contributed by atoms with van der Waals surface area (Å²) in [6.45, 7) is 3.52. The van der Waals surface area contributed by atoms with Gasteiger partial charge in [-0.15, -0.1) is 0 Å². The Balaban J connectivity index is 1.64. The second-order valence-corrected chi connectivity index (χ2v) is 7.95. The first-order chi connectivity index (χ1) is 14.9. The summed E-state index contributed by atoms with van der Waals surface area (Å²) in [6.07, 6.45) is 0. The number of nitrogens with zero attached hydrogens (tertiary/aromatic N) is 3. The lowest BCUT2D eigenvalue weighted by Gasteiger charge is -2.37. The van der Waals surface area contributed by atoms with Crippen molar-refractivity contribution in [3.63, 3.8) is 0 Å². The molecule has 160 valence electrons. The summed E-state index contributed by atoms with van der Waals surface area (Å²) in [5, 5.41) is 0. The lowest BCUT2D eigenvalue weighted by molar-refractivity contribution is -0.144. The Kier molecular flexibility index (Phi) is 5.46. The third-order valence-electron chi connectivity index (χ3n) is 5.26. The Bertz CT molecular complexity index is 1040. The summed E-state index contributed by atoms with van der Waals surface area (Å²) in [5.74, 6) is -1.79. The Morgan fingerprint density at radius 2 is 1.61 bits per heavy atom. The maximum atomic E-state index is 13.4. The highest BCUT2D eigenvalue weighted by Crippen LogP contribution is 2.39. The number of urea groups is 1. The topological polar surface area (TPSA) is 87.2 Å². The smallest absolute Gasteiger partial charge is 0.334 e. The van der Waals surface area contributed by atoms with Gasteiger partial charge < -0.3 is 4.74 Å². The molecule has 0 spiro atoms. The molecule has 0 bridgehead atoms. The van der Waals surface area contributed by atoms with Crippen LogP contribution in [0.1, 0.15) is 25.5 Å². The highest BCUT2D eigenvalue weighted by molar-refractivity contribution is 6.45. The lowest BCUT2D eigenvalue weighted by atomic mass is 10.0. The molecule has 4 rings (SSSR count).